The van der Waals surface area contributed by atoms with E-state index >= 15 is 0 Å². The normalized spacial score (nSPS) is 14.9. The topological polar surface area (TPSA) is 73.9 Å². The van der Waals surface area contributed by atoms with Crippen molar-refractivity contribution in [1.82, 2.24) is 5.16 Å². The third-order valence-corrected chi connectivity index (χ3v) is 4.26. The van der Waals surface area contributed by atoms with Crippen molar-refractivity contribution in [2.75, 3.05) is 6.61 Å². The third-order valence-electron chi connectivity index (χ3n) is 4.26. The van der Waals surface area contributed by atoms with Gasteiger partial charge in [-0.05, 0) is 26.0 Å². The number of benzene rings is 2. The predicted octanol–water partition coefficient (Wildman–Crippen LogP) is 4.39. The average molecular weight is 374 g/mol. The highest BCUT2D eigenvalue weighted by molar-refractivity contribution is 6.15. The second-order valence-electron chi connectivity index (χ2n) is 6.14. The number of para-hydroxylation sites is 1. The van der Waals surface area contributed by atoms with Gasteiger partial charge in [0.2, 0.25) is 5.90 Å². The van der Waals surface area contributed by atoms with Crippen LogP contribution in [0.3, 0.4) is 0 Å². The third kappa shape index (κ3) is 3.32. The molecule has 0 fully saturated rings. The molecule has 1 aliphatic rings. The van der Waals surface area contributed by atoms with Crippen LogP contribution in [0.2, 0.25) is 0 Å². The zero-order valence-corrected chi connectivity index (χ0v) is 15.5. The van der Waals surface area contributed by atoms with Crippen LogP contribution >= 0.6 is 0 Å². The van der Waals surface area contributed by atoms with Crippen molar-refractivity contribution >= 4 is 17.9 Å². The molecule has 6 nitrogen and oxygen atoms in total. The zero-order chi connectivity index (χ0) is 19.5. The Labute approximate surface area is 162 Å². The smallest absolute Gasteiger partial charge is 0.363 e. The number of carbonyl (C=O) groups excluding carboxylic acids is 1. The van der Waals surface area contributed by atoms with Crippen LogP contribution in [0.25, 0.3) is 17.3 Å². The van der Waals surface area contributed by atoms with Gasteiger partial charge >= 0.3 is 5.97 Å². The maximum atomic E-state index is 12.4. The molecule has 0 saturated carbocycles. The Morgan fingerprint density at radius 3 is 2.61 bits per heavy atom. The fraction of sp³-hybridized carbons (Fsp3) is 0.136. The molecule has 28 heavy (non-hydrogen) atoms. The molecule has 4 rings (SSSR count). The lowest BCUT2D eigenvalue weighted by Crippen LogP contribution is -2.07. The number of hydrogen-bond donors (Lipinski definition) is 0. The van der Waals surface area contributed by atoms with Crippen molar-refractivity contribution < 1.29 is 18.8 Å². The Morgan fingerprint density at radius 1 is 1.07 bits per heavy atom. The van der Waals surface area contributed by atoms with E-state index in [1.54, 1.807) is 13.0 Å². The van der Waals surface area contributed by atoms with Crippen molar-refractivity contribution in [2.24, 2.45) is 4.99 Å². The standard InChI is InChI=1S/C22H18N2O4/c1-3-26-18-12-8-7-11-16(18)13-17-22(25)27-21(23-17)19-14(2)28-24-20(19)15-9-5-4-6-10-15/h4-13H,3H2,1-2H3/b17-13-. The van der Waals surface area contributed by atoms with Crippen LogP contribution in [0, 0.1) is 6.92 Å². The number of aryl methyl sites for hydroxylation is 1. The lowest BCUT2D eigenvalue weighted by molar-refractivity contribution is -0.129. The molecule has 0 unspecified atom stereocenters. The summed E-state index contributed by atoms with van der Waals surface area (Å²) < 4.78 is 16.4. The SMILES string of the molecule is CCOc1ccccc1/C=C1\N=C(c2c(-c3ccccc3)noc2C)OC1=O. The number of ether oxygens (including phenoxy) is 2. The number of aromatic nitrogens is 1. The molecule has 0 spiro atoms. The van der Waals surface area contributed by atoms with Crippen LogP contribution in [0.5, 0.6) is 5.75 Å². The van der Waals surface area contributed by atoms with Crippen molar-refractivity contribution in [1.29, 1.82) is 0 Å². The van der Waals surface area contributed by atoms with Crippen LogP contribution in [-0.4, -0.2) is 23.6 Å². The molecule has 0 aliphatic carbocycles. The molecule has 140 valence electrons. The van der Waals surface area contributed by atoms with Gasteiger partial charge in [0.15, 0.2) is 5.70 Å². The zero-order valence-electron chi connectivity index (χ0n) is 15.5. The minimum atomic E-state index is -0.527. The first-order valence-corrected chi connectivity index (χ1v) is 8.94. The molecule has 2 aromatic carbocycles. The van der Waals surface area contributed by atoms with E-state index in [1.807, 2.05) is 61.5 Å². The second-order valence-corrected chi connectivity index (χ2v) is 6.14. The predicted molar refractivity (Wildman–Crippen MR) is 105 cm³/mol. The van der Waals surface area contributed by atoms with E-state index in [4.69, 9.17) is 14.0 Å². The Kier molecular flexibility index (Phi) is 4.76. The first kappa shape index (κ1) is 17.7. The first-order valence-electron chi connectivity index (χ1n) is 8.94. The van der Waals surface area contributed by atoms with E-state index in [9.17, 15) is 4.79 Å². The number of rotatable bonds is 5. The molecule has 0 bridgehead atoms. The molecular weight excluding hydrogens is 356 g/mol. The number of esters is 1. The number of cyclic esters (lactones) is 1. The molecule has 0 N–H and O–H groups in total. The molecule has 0 amide bonds. The van der Waals surface area contributed by atoms with Gasteiger partial charge in [0.1, 0.15) is 22.8 Å². The second kappa shape index (κ2) is 7.52. The highest BCUT2D eigenvalue weighted by Gasteiger charge is 2.30. The molecule has 2 heterocycles. The van der Waals surface area contributed by atoms with E-state index in [0.717, 1.165) is 11.1 Å². The summed E-state index contributed by atoms with van der Waals surface area (Å²) in [5, 5.41) is 4.12. The van der Waals surface area contributed by atoms with Crippen molar-refractivity contribution in [3.8, 4) is 17.0 Å². The molecule has 0 atom stereocenters. The van der Waals surface area contributed by atoms with E-state index in [-0.39, 0.29) is 11.6 Å². The van der Waals surface area contributed by atoms with E-state index < -0.39 is 5.97 Å². The van der Waals surface area contributed by atoms with Crippen LogP contribution in [0.15, 0.2) is 69.8 Å². The number of hydrogen-bond acceptors (Lipinski definition) is 6. The fourth-order valence-electron chi connectivity index (χ4n) is 2.97. The summed E-state index contributed by atoms with van der Waals surface area (Å²) in [6.07, 6.45) is 1.66. The van der Waals surface area contributed by atoms with E-state index in [0.29, 0.717) is 29.4 Å². The van der Waals surface area contributed by atoms with Gasteiger partial charge in [0.25, 0.3) is 0 Å². The molecule has 3 aromatic rings. The van der Waals surface area contributed by atoms with Gasteiger partial charge in [0, 0.05) is 11.1 Å². The quantitative estimate of drug-likeness (QED) is 0.489. The number of nitrogens with zero attached hydrogens (tertiary/aromatic N) is 2. The summed E-state index contributed by atoms with van der Waals surface area (Å²) in [6, 6.07) is 17.0. The van der Waals surface area contributed by atoms with Crippen LogP contribution in [0.1, 0.15) is 23.8 Å². The van der Waals surface area contributed by atoms with Gasteiger partial charge in [-0.2, -0.15) is 0 Å². The van der Waals surface area contributed by atoms with Crippen molar-refractivity contribution in [3.05, 3.63) is 77.2 Å². The van der Waals surface area contributed by atoms with Gasteiger partial charge in [-0.1, -0.05) is 53.7 Å². The average Bonchev–Trinajstić information content (AvgIpc) is 3.26. The minimum Gasteiger partial charge on any atom is -0.493 e. The highest BCUT2D eigenvalue weighted by atomic mass is 16.6. The summed E-state index contributed by atoms with van der Waals surface area (Å²) in [7, 11) is 0. The molecular formula is C22H18N2O4. The highest BCUT2D eigenvalue weighted by Crippen LogP contribution is 2.30. The van der Waals surface area contributed by atoms with Crippen molar-refractivity contribution in [2.45, 2.75) is 13.8 Å². The Bertz CT molecular complexity index is 1080. The summed E-state index contributed by atoms with van der Waals surface area (Å²) in [5.74, 6) is 0.866. The van der Waals surface area contributed by atoms with Gasteiger partial charge < -0.3 is 14.0 Å². The largest absolute Gasteiger partial charge is 0.493 e. The van der Waals surface area contributed by atoms with Crippen LogP contribution in [-0.2, 0) is 9.53 Å². The van der Waals surface area contributed by atoms with Crippen molar-refractivity contribution in [3.63, 3.8) is 0 Å². The van der Waals surface area contributed by atoms with Gasteiger partial charge in [-0.15, -0.1) is 0 Å². The van der Waals surface area contributed by atoms with Crippen LogP contribution in [0.4, 0.5) is 0 Å². The summed E-state index contributed by atoms with van der Waals surface area (Å²) in [6.45, 7) is 4.19. The molecule has 0 saturated heterocycles. The Morgan fingerprint density at radius 2 is 1.82 bits per heavy atom. The molecule has 0 radical (unpaired) electrons. The van der Waals surface area contributed by atoms with Crippen LogP contribution < -0.4 is 4.74 Å². The van der Waals surface area contributed by atoms with E-state index in [2.05, 4.69) is 10.1 Å². The fourth-order valence-corrected chi connectivity index (χ4v) is 2.97. The summed E-state index contributed by atoms with van der Waals surface area (Å²) in [5.41, 5.74) is 2.96. The lowest BCUT2D eigenvalue weighted by atomic mass is 10.1. The Hall–Kier alpha value is -3.67. The van der Waals surface area contributed by atoms with Gasteiger partial charge in [0.05, 0.1) is 6.61 Å². The molecule has 6 heteroatoms. The first-order chi connectivity index (χ1) is 13.7. The molecule has 1 aliphatic heterocycles. The number of aliphatic imine (C=N–C) groups is 1. The maximum absolute atomic E-state index is 12.4. The lowest BCUT2D eigenvalue weighted by Gasteiger charge is -2.06. The summed E-state index contributed by atoms with van der Waals surface area (Å²) >= 11 is 0. The summed E-state index contributed by atoms with van der Waals surface area (Å²) in [4.78, 5) is 16.8. The maximum Gasteiger partial charge on any atom is 0.363 e. The van der Waals surface area contributed by atoms with E-state index in [1.165, 1.54) is 0 Å². The monoisotopic (exact) mass is 374 g/mol. The molecule has 1 aromatic heterocycles. The van der Waals surface area contributed by atoms with Gasteiger partial charge in [-0.3, -0.25) is 0 Å². The number of carbonyl (C=O) groups is 1. The Balaban J connectivity index is 1.75. The van der Waals surface area contributed by atoms with Gasteiger partial charge in [-0.25, -0.2) is 9.79 Å². The minimum absolute atomic E-state index is 0.183.